The molecule has 0 fully saturated rings. The first-order valence-corrected chi connectivity index (χ1v) is 10.1. The van der Waals surface area contributed by atoms with Gasteiger partial charge in [-0.1, -0.05) is 40.2 Å². The van der Waals surface area contributed by atoms with Crippen LogP contribution in [0.25, 0.3) is 10.9 Å². The lowest BCUT2D eigenvalue weighted by Crippen LogP contribution is -2.36. The van der Waals surface area contributed by atoms with Gasteiger partial charge in [0.25, 0.3) is 0 Å². The van der Waals surface area contributed by atoms with E-state index in [1.807, 2.05) is 48.5 Å². The fraction of sp³-hybridized carbons (Fsp3) is 0.273. The van der Waals surface area contributed by atoms with Crippen LogP contribution in [0.1, 0.15) is 37.9 Å². The first-order valence-electron chi connectivity index (χ1n) is 9.32. The van der Waals surface area contributed by atoms with Crippen molar-refractivity contribution in [2.45, 2.75) is 32.4 Å². The Kier molecular flexibility index (Phi) is 6.27. The normalized spacial score (nSPS) is 13.3. The van der Waals surface area contributed by atoms with E-state index in [-0.39, 0.29) is 6.54 Å². The largest absolute Gasteiger partial charge is 0.623 e. The van der Waals surface area contributed by atoms with Crippen molar-refractivity contribution in [2.24, 2.45) is 0 Å². The van der Waals surface area contributed by atoms with Gasteiger partial charge in [0.15, 0.2) is 6.21 Å². The molecule has 6 nitrogen and oxygen atoms in total. The molecule has 1 atom stereocenters. The third kappa shape index (κ3) is 5.38. The number of carbonyl (C=O) groups is 1. The minimum Gasteiger partial charge on any atom is -0.623 e. The number of alkyl carbamates (subject to hydrolysis) is 1. The van der Waals surface area contributed by atoms with E-state index in [9.17, 15) is 10.0 Å². The number of amides is 1. The first kappa shape index (κ1) is 20.9. The van der Waals surface area contributed by atoms with Gasteiger partial charge in [-0.2, -0.15) is 0 Å². The predicted octanol–water partition coefficient (Wildman–Crippen LogP) is 5.13. The van der Waals surface area contributed by atoms with Crippen LogP contribution < -0.4 is 5.32 Å². The number of aromatic nitrogens is 1. The lowest BCUT2D eigenvalue weighted by molar-refractivity contribution is -0.500. The van der Waals surface area contributed by atoms with Crippen LogP contribution in [-0.2, 0) is 4.74 Å². The van der Waals surface area contributed by atoms with Gasteiger partial charge >= 0.3 is 6.09 Å². The Morgan fingerprint density at radius 3 is 2.66 bits per heavy atom. The Morgan fingerprint density at radius 2 is 1.97 bits per heavy atom. The van der Waals surface area contributed by atoms with Crippen LogP contribution in [0.15, 0.2) is 59.2 Å². The fourth-order valence-electron chi connectivity index (χ4n) is 3.04. The highest BCUT2D eigenvalue weighted by atomic mass is 79.9. The topological polar surface area (TPSA) is 80.2 Å². The lowest BCUT2D eigenvalue weighted by atomic mass is 10.1. The maximum atomic E-state index is 13.1. The van der Waals surface area contributed by atoms with Crippen molar-refractivity contribution in [3.05, 3.63) is 75.5 Å². The van der Waals surface area contributed by atoms with Crippen molar-refractivity contribution >= 4 is 39.1 Å². The van der Waals surface area contributed by atoms with Gasteiger partial charge in [0, 0.05) is 32.7 Å². The number of ether oxygens (including phenoxy) is 1. The van der Waals surface area contributed by atoms with Crippen LogP contribution >= 0.6 is 15.9 Å². The summed E-state index contributed by atoms with van der Waals surface area (Å²) in [6, 6.07) is 14.5. The van der Waals surface area contributed by atoms with Crippen molar-refractivity contribution in [3.63, 3.8) is 0 Å². The Labute approximate surface area is 178 Å². The molecular formula is C22H24BrN3O3. The zero-order chi connectivity index (χ0) is 21.0. The average molecular weight is 458 g/mol. The summed E-state index contributed by atoms with van der Waals surface area (Å²) in [5.41, 5.74) is 1.86. The molecule has 152 valence electrons. The monoisotopic (exact) mass is 457 g/mol. The quantitative estimate of drug-likeness (QED) is 0.241. The highest BCUT2D eigenvalue weighted by Crippen LogP contribution is 2.32. The number of carbonyl (C=O) groups excluding carboxylic acids is 1. The number of hydrogen-bond donors (Lipinski definition) is 2. The molecular weight excluding hydrogens is 434 g/mol. The van der Waals surface area contributed by atoms with Gasteiger partial charge in [-0.25, -0.2) is 9.53 Å². The third-order valence-electron chi connectivity index (χ3n) is 4.27. The Bertz CT molecular complexity index is 1020. The number of hydroxylamine groups is 1. The molecule has 0 saturated heterocycles. The standard InChI is InChI=1S/C22H24BrN3O3/c1-22(2,3)29-21(27)25-13-19(26(28)14-15-8-5-4-6-9-15)16-12-24-18-11-7-10-17(23)20(16)18/h4-12,14,19,24H,13H2,1-3H3,(H,25,27). The second kappa shape index (κ2) is 8.69. The van der Waals surface area contributed by atoms with Crippen LogP contribution in [0.4, 0.5) is 4.79 Å². The van der Waals surface area contributed by atoms with Crippen LogP contribution in [0.3, 0.4) is 0 Å². The van der Waals surface area contributed by atoms with Crippen LogP contribution in [0.2, 0.25) is 0 Å². The number of H-pyrrole nitrogens is 1. The first-order chi connectivity index (χ1) is 13.7. The number of benzene rings is 2. The van der Waals surface area contributed by atoms with E-state index in [1.54, 1.807) is 27.0 Å². The van der Waals surface area contributed by atoms with Crippen molar-refractivity contribution in [1.82, 2.24) is 10.3 Å². The molecule has 3 rings (SSSR count). The number of nitrogens with one attached hydrogen (secondary N) is 2. The van der Waals surface area contributed by atoms with Gasteiger partial charge in [0.1, 0.15) is 5.60 Å². The molecule has 0 aliphatic heterocycles. The van der Waals surface area contributed by atoms with Crippen molar-refractivity contribution in [3.8, 4) is 0 Å². The molecule has 0 saturated carbocycles. The number of hydrogen-bond acceptors (Lipinski definition) is 3. The average Bonchev–Trinajstić information content (AvgIpc) is 3.06. The summed E-state index contributed by atoms with van der Waals surface area (Å²) in [4.78, 5) is 15.4. The van der Waals surface area contributed by atoms with E-state index >= 15 is 0 Å². The van der Waals surface area contributed by atoms with Gasteiger partial charge in [0.2, 0.25) is 6.04 Å². The fourth-order valence-corrected chi connectivity index (χ4v) is 3.63. The number of halogens is 1. The summed E-state index contributed by atoms with van der Waals surface area (Å²) in [7, 11) is 0. The zero-order valence-electron chi connectivity index (χ0n) is 16.6. The molecule has 0 aliphatic rings. The second-order valence-corrected chi connectivity index (χ2v) is 8.56. The summed E-state index contributed by atoms with van der Waals surface area (Å²) in [6.07, 6.45) is 2.77. The molecule has 3 aromatic rings. The number of rotatable bonds is 5. The van der Waals surface area contributed by atoms with Crippen molar-refractivity contribution < 1.29 is 14.3 Å². The number of aromatic amines is 1. The van der Waals surface area contributed by atoms with E-state index in [4.69, 9.17) is 4.74 Å². The molecule has 1 heterocycles. The number of nitrogens with zero attached hydrogens (tertiary/aromatic N) is 1. The summed E-state index contributed by atoms with van der Waals surface area (Å²) in [5.74, 6) is 0. The Morgan fingerprint density at radius 1 is 1.24 bits per heavy atom. The number of fused-ring (bicyclic) bond motifs is 1. The van der Waals surface area contributed by atoms with Gasteiger partial charge in [-0.05, 0) is 45.0 Å². The highest BCUT2D eigenvalue weighted by Gasteiger charge is 2.26. The minimum atomic E-state index is -0.643. The van der Waals surface area contributed by atoms with Crippen molar-refractivity contribution in [1.29, 1.82) is 0 Å². The molecule has 1 aromatic heterocycles. The molecule has 0 aliphatic carbocycles. The zero-order valence-corrected chi connectivity index (χ0v) is 18.2. The maximum Gasteiger partial charge on any atom is 0.407 e. The second-order valence-electron chi connectivity index (χ2n) is 7.70. The van der Waals surface area contributed by atoms with Gasteiger partial charge in [-0.3, -0.25) is 0 Å². The van der Waals surface area contributed by atoms with Gasteiger partial charge < -0.3 is 20.2 Å². The predicted molar refractivity (Wildman–Crippen MR) is 118 cm³/mol. The summed E-state index contributed by atoms with van der Waals surface area (Å²) >= 11 is 3.57. The van der Waals surface area contributed by atoms with Crippen LogP contribution in [0.5, 0.6) is 0 Å². The Balaban J connectivity index is 1.95. The highest BCUT2D eigenvalue weighted by molar-refractivity contribution is 9.10. The summed E-state index contributed by atoms with van der Waals surface area (Å²) in [6.45, 7) is 5.48. The van der Waals surface area contributed by atoms with Crippen LogP contribution in [-0.4, -0.2) is 34.2 Å². The Hall–Kier alpha value is -2.80. The van der Waals surface area contributed by atoms with Gasteiger partial charge in [-0.15, -0.1) is 0 Å². The van der Waals surface area contributed by atoms with E-state index in [0.717, 1.165) is 31.2 Å². The molecule has 0 spiro atoms. The molecule has 0 bridgehead atoms. The minimum absolute atomic E-state index is 0.0933. The third-order valence-corrected chi connectivity index (χ3v) is 4.93. The lowest BCUT2D eigenvalue weighted by Gasteiger charge is -2.22. The SMILES string of the molecule is CC(C)(C)OC(=O)NCC(c1c[nH]c2cccc(Br)c12)[N+]([O-])=Cc1ccccc1. The van der Waals surface area contributed by atoms with Crippen molar-refractivity contribution in [2.75, 3.05) is 6.54 Å². The maximum absolute atomic E-state index is 13.1. The molecule has 0 radical (unpaired) electrons. The van der Waals surface area contributed by atoms with E-state index in [2.05, 4.69) is 26.2 Å². The molecule has 29 heavy (non-hydrogen) atoms. The summed E-state index contributed by atoms with van der Waals surface area (Å²) in [5, 5.41) is 16.7. The summed E-state index contributed by atoms with van der Waals surface area (Å²) < 4.78 is 7.06. The molecule has 1 unspecified atom stereocenters. The molecule has 1 amide bonds. The molecule has 7 heteroatoms. The van der Waals surface area contributed by atoms with E-state index in [0.29, 0.717) is 0 Å². The van der Waals surface area contributed by atoms with Crippen LogP contribution in [0, 0.1) is 5.21 Å². The molecule has 2 aromatic carbocycles. The smallest absolute Gasteiger partial charge is 0.407 e. The van der Waals surface area contributed by atoms with E-state index < -0.39 is 17.7 Å². The van der Waals surface area contributed by atoms with E-state index in [1.165, 1.54) is 6.21 Å². The molecule has 2 N–H and O–H groups in total. The van der Waals surface area contributed by atoms with Gasteiger partial charge in [0.05, 0.1) is 6.54 Å².